The molecule has 0 spiro atoms. The van der Waals surface area contributed by atoms with Gasteiger partial charge in [0, 0.05) is 33.5 Å². The number of hydrogen-bond donors (Lipinski definition) is 0. The molecular formula is C42H30F8N2Ti. The zero-order valence-corrected chi connectivity index (χ0v) is 30.5. The smallest absolute Gasteiger partial charge is 0.331 e. The minimum absolute atomic E-state index is 0. The van der Waals surface area contributed by atoms with Crippen molar-refractivity contribution in [3.05, 3.63) is 178 Å². The minimum Gasteiger partial charge on any atom is -0.331 e. The second-order valence-electron chi connectivity index (χ2n) is 11.6. The van der Waals surface area contributed by atoms with E-state index in [1.54, 1.807) is 76.2 Å². The van der Waals surface area contributed by atoms with E-state index in [2.05, 4.69) is 24.3 Å². The topological polar surface area (TPSA) is 9.86 Å². The van der Waals surface area contributed by atoms with Crippen LogP contribution in [0.5, 0.6) is 0 Å². The maximum atomic E-state index is 14.0. The van der Waals surface area contributed by atoms with Gasteiger partial charge in [-0.05, 0) is 51.0 Å². The summed E-state index contributed by atoms with van der Waals surface area (Å²) in [6, 6.07) is 16.6. The Balaban J connectivity index is 0.000000184. The van der Waals surface area contributed by atoms with E-state index in [0.29, 0.717) is 22.4 Å². The largest absolute Gasteiger partial charge is 4.00 e. The van der Waals surface area contributed by atoms with Gasteiger partial charge in [-0.1, -0.05) is 36.4 Å². The Labute approximate surface area is 316 Å². The van der Waals surface area contributed by atoms with Crippen LogP contribution in [-0.2, 0) is 21.7 Å². The number of aromatic nitrogens is 2. The van der Waals surface area contributed by atoms with Gasteiger partial charge in [0.2, 0.25) is 0 Å². The Hall–Kier alpha value is -4.93. The summed E-state index contributed by atoms with van der Waals surface area (Å²) in [5.41, 5.74) is 2.05. The van der Waals surface area contributed by atoms with Crippen LogP contribution in [0.2, 0.25) is 0 Å². The van der Waals surface area contributed by atoms with Gasteiger partial charge in [0.1, 0.15) is 0 Å². The molecular weight excluding hydrogens is 732 g/mol. The summed E-state index contributed by atoms with van der Waals surface area (Å²) in [5.74, 6) is -12.0. The Morgan fingerprint density at radius 3 is 1.08 bits per heavy atom. The minimum atomic E-state index is -1.54. The monoisotopic (exact) mass is 762 g/mol. The molecule has 2 nitrogen and oxygen atoms in total. The second-order valence-corrected chi connectivity index (χ2v) is 11.6. The van der Waals surface area contributed by atoms with Crippen LogP contribution >= 0.6 is 0 Å². The van der Waals surface area contributed by atoms with Crippen LogP contribution in [-0.4, -0.2) is 9.13 Å². The van der Waals surface area contributed by atoms with Crippen molar-refractivity contribution < 1.29 is 56.8 Å². The Bertz CT molecular complexity index is 2160. The van der Waals surface area contributed by atoms with Gasteiger partial charge in [-0.25, -0.2) is 41.9 Å². The maximum absolute atomic E-state index is 14.0. The summed E-state index contributed by atoms with van der Waals surface area (Å²) in [6.45, 7) is 6.85. The molecule has 8 rings (SSSR count). The van der Waals surface area contributed by atoms with Crippen LogP contribution in [0.15, 0.2) is 85.0 Å². The molecule has 4 aromatic carbocycles. The Morgan fingerprint density at radius 1 is 0.491 bits per heavy atom. The summed E-state index contributed by atoms with van der Waals surface area (Å²) >= 11 is 0. The van der Waals surface area contributed by atoms with E-state index in [0.717, 1.165) is 34.7 Å². The van der Waals surface area contributed by atoms with E-state index in [-0.39, 0.29) is 21.7 Å². The number of fused-ring (bicyclic) bond motifs is 2. The first kappa shape index (κ1) is 40.8. The molecule has 0 saturated heterocycles. The average Bonchev–Trinajstić information content (AvgIpc) is 3.98. The van der Waals surface area contributed by atoms with Crippen molar-refractivity contribution in [1.82, 2.24) is 9.13 Å². The third kappa shape index (κ3) is 8.34. The quantitative estimate of drug-likeness (QED) is 0.0720. The number of rotatable bonds is 2. The molecule has 0 fully saturated rings. The van der Waals surface area contributed by atoms with Crippen molar-refractivity contribution >= 4 is 21.8 Å². The van der Waals surface area contributed by atoms with Gasteiger partial charge in [0.05, 0.1) is 57.6 Å². The molecule has 11 heteroatoms. The number of benzene rings is 4. The van der Waals surface area contributed by atoms with Crippen LogP contribution < -0.4 is 0 Å². The molecule has 2 aliphatic rings. The first-order valence-electron chi connectivity index (χ1n) is 15.9. The molecule has 0 N–H and O–H groups in total. The summed E-state index contributed by atoms with van der Waals surface area (Å²) < 4.78 is 112. The van der Waals surface area contributed by atoms with Crippen molar-refractivity contribution in [2.75, 3.05) is 0 Å². The van der Waals surface area contributed by atoms with E-state index < -0.39 is 57.9 Å². The van der Waals surface area contributed by atoms with Crippen molar-refractivity contribution in [1.29, 1.82) is 0 Å². The molecule has 2 aliphatic carbocycles. The van der Waals surface area contributed by atoms with E-state index >= 15 is 0 Å². The molecule has 2 aromatic heterocycles. The fraction of sp³-hybridized carbons (Fsp3) is 0.143. The molecule has 6 aromatic rings. The fourth-order valence-electron chi connectivity index (χ4n) is 5.73. The van der Waals surface area contributed by atoms with Gasteiger partial charge < -0.3 is 9.13 Å². The van der Waals surface area contributed by atoms with Gasteiger partial charge in [-0.2, -0.15) is 12.2 Å². The molecule has 0 aliphatic heterocycles. The average molecular weight is 763 g/mol. The summed E-state index contributed by atoms with van der Waals surface area (Å²) in [4.78, 5) is 0. The van der Waals surface area contributed by atoms with Crippen molar-refractivity contribution in [2.45, 2.75) is 40.5 Å². The number of allylic oxidation sites excluding steroid dienone is 8. The summed E-state index contributed by atoms with van der Waals surface area (Å²) in [6.07, 6.45) is 20.0. The number of aryl methyl sites for hydroxylation is 2. The molecule has 53 heavy (non-hydrogen) atoms. The molecule has 0 radical (unpaired) electrons. The zero-order valence-electron chi connectivity index (χ0n) is 28.9. The van der Waals surface area contributed by atoms with E-state index in [1.165, 1.54) is 21.3 Å². The van der Waals surface area contributed by atoms with E-state index in [9.17, 15) is 35.1 Å². The number of nitrogens with zero attached hydrogens (tertiary/aromatic N) is 2. The Kier molecular flexibility index (Phi) is 13.7. The number of hydrogen-bond acceptors (Lipinski definition) is 0. The first-order valence-corrected chi connectivity index (χ1v) is 15.9. The third-order valence-electron chi connectivity index (χ3n) is 8.51. The fourth-order valence-corrected chi connectivity index (χ4v) is 5.73. The van der Waals surface area contributed by atoms with Gasteiger partial charge in [0.15, 0.2) is 0 Å². The van der Waals surface area contributed by atoms with Crippen LogP contribution in [0, 0.1) is 98.5 Å². The molecule has 0 unspecified atom stereocenters. The van der Waals surface area contributed by atoms with Crippen LogP contribution in [0.4, 0.5) is 35.1 Å². The maximum Gasteiger partial charge on any atom is 4.00 e. The van der Waals surface area contributed by atoms with Crippen molar-refractivity contribution in [3.8, 4) is 11.4 Å². The predicted molar refractivity (Wildman–Crippen MR) is 186 cm³/mol. The first-order chi connectivity index (χ1) is 24.9. The zero-order chi connectivity index (χ0) is 37.7. The third-order valence-corrected chi connectivity index (χ3v) is 8.51. The van der Waals surface area contributed by atoms with Gasteiger partial charge in [-0.15, -0.1) is 25.0 Å². The van der Waals surface area contributed by atoms with Crippen LogP contribution in [0.1, 0.15) is 35.4 Å². The van der Waals surface area contributed by atoms with E-state index in [1.807, 2.05) is 24.3 Å². The van der Waals surface area contributed by atoms with Gasteiger partial charge >= 0.3 is 21.7 Å². The van der Waals surface area contributed by atoms with Gasteiger partial charge in [0.25, 0.3) is 0 Å². The SMILES string of the molecule is Cc1c(C)n(-c2c(F)c(F)[c-]c(F)c2F)c2ccccc12.Cc1c(C)n(-c2c(F)c(F)[c-]c(F)c2F)c2ccccc12.[C-]1=CC=CC1.[C-]1=CC=CC1.[Ti+4]. The summed E-state index contributed by atoms with van der Waals surface area (Å²) in [7, 11) is 0. The molecule has 2 heterocycles. The molecule has 268 valence electrons. The molecule has 0 bridgehead atoms. The van der Waals surface area contributed by atoms with Crippen molar-refractivity contribution in [2.24, 2.45) is 0 Å². The molecule has 0 saturated carbocycles. The van der Waals surface area contributed by atoms with E-state index in [4.69, 9.17) is 0 Å². The van der Waals surface area contributed by atoms with Crippen LogP contribution in [0.25, 0.3) is 33.2 Å². The van der Waals surface area contributed by atoms with Gasteiger partial charge in [-0.3, -0.25) is 29.7 Å². The second kappa shape index (κ2) is 17.7. The van der Waals surface area contributed by atoms with Crippen molar-refractivity contribution in [3.63, 3.8) is 0 Å². The summed E-state index contributed by atoms with van der Waals surface area (Å²) in [5, 5.41) is 1.53. The number of halogens is 8. The van der Waals surface area contributed by atoms with Crippen LogP contribution in [0.3, 0.4) is 0 Å². The Morgan fingerprint density at radius 2 is 0.811 bits per heavy atom. The normalized spacial score (nSPS) is 12.3. The molecule has 0 amide bonds. The number of para-hydroxylation sites is 2. The molecule has 0 atom stereocenters. The predicted octanol–water partition coefficient (Wildman–Crippen LogP) is 11.8. The standard InChI is InChI=1S/2C16H10F4N.2C5H5.Ti/c2*1-8-9(2)21(13-6-4-3-5-10(8)13)16-14(19)11(17)7-12(18)15(16)20;2*1-2-4-5-3-1;/h2*3-6H,1-2H3;2*1-3H,4H2;/q4*-1;+4.